The second-order valence-electron chi connectivity index (χ2n) is 3.13. The maximum absolute atomic E-state index is 5.69. The Morgan fingerprint density at radius 2 is 2.00 bits per heavy atom. The highest BCUT2D eigenvalue weighted by Gasteiger charge is 1.92. The summed E-state index contributed by atoms with van der Waals surface area (Å²) in [6.07, 6.45) is 2.07. The van der Waals surface area contributed by atoms with E-state index in [9.17, 15) is 0 Å². The maximum atomic E-state index is 5.69. The van der Waals surface area contributed by atoms with E-state index < -0.39 is 0 Å². The van der Waals surface area contributed by atoms with Gasteiger partial charge in [0.25, 0.3) is 0 Å². The van der Waals surface area contributed by atoms with Crippen LogP contribution in [-0.4, -0.2) is 12.5 Å². The lowest BCUT2D eigenvalue weighted by atomic mass is 10.1. The summed E-state index contributed by atoms with van der Waals surface area (Å²) in [7, 11) is 0. The molecule has 0 heterocycles. The van der Waals surface area contributed by atoms with Crippen LogP contribution in [0.5, 0.6) is 5.75 Å². The van der Waals surface area contributed by atoms with E-state index in [1.807, 2.05) is 38.1 Å². The Balaban J connectivity index is 2.73. The van der Waals surface area contributed by atoms with Gasteiger partial charge in [-0.05, 0) is 31.5 Å². The first-order chi connectivity index (χ1) is 6.76. The van der Waals surface area contributed by atoms with Crippen LogP contribution < -0.4 is 4.74 Å². The van der Waals surface area contributed by atoms with Gasteiger partial charge in [-0.25, -0.2) is 0 Å². The number of rotatable bonds is 4. The van der Waals surface area contributed by atoms with E-state index in [1.54, 1.807) is 0 Å². The van der Waals surface area contributed by atoms with E-state index in [2.05, 4.69) is 6.08 Å². The molecule has 0 saturated heterocycles. The zero-order chi connectivity index (χ0) is 10.4. The summed E-state index contributed by atoms with van der Waals surface area (Å²) in [5.41, 5.74) is 2.32. The minimum Gasteiger partial charge on any atom is -0.494 e. The maximum Gasteiger partial charge on any atom is 0.119 e. The largest absolute Gasteiger partial charge is 0.494 e. The molecule has 0 N–H and O–H groups in total. The van der Waals surface area contributed by atoms with Gasteiger partial charge in [-0.3, -0.25) is 0 Å². The Labute approximate surface area is 90.3 Å². The van der Waals surface area contributed by atoms with Crippen molar-refractivity contribution in [3.63, 3.8) is 0 Å². The van der Waals surface area contributed by atoms with Gasteiger partial charge in [-0.2, -0.15) is 0 Å². The molecule has 0 aromatic heterocycles. The predicted octanol–water partition coefficient (Wildman–Crippen LogP) is 3.73. The van der Waals surface area contributed by atoms with E-state index in [4.69, 9.17) is 16.3 Å². The molecule has 0 bridgehead atoms. The number of allylic oxidation sites excluding steroid dienone is 1. The number of halogens is 1. The third-order valence-electron chi connectivity index (χ3n) is 1.81. The van der Waals surface area contributed by atoms with Gasteiger partial charge in [0.05, 0.1) is 6.61 Å². The van der Waals surface area contributed by atoms with Gasteiger partial charge in [0.15, 0.2) is 0 Å². The molecule has 0 aliphatic heterocycles. The first-order valence-electron chi connectivity index (χ1n) is 4.72. The van der Waals surface area contributed by atoms with Crippen molar-refractivity contribution in [1.29, 1.82) is 0 Å². The van der Waals surface area contributed by atoms with E-state index in [0.29, 0.717) is 12.5 Å². The standard InChI is InChI=1S/C12H15ClO/c1-3-14-12-6-4-11(5-7-12)8-10(2)9-13/h4-8H,3,9H2,1-2H3. The summed E-state index contributed by atoms with van der Waals surface area (Å²) in [5, 5.41) is 0. The van der Waals surface area contributed by atoms with Crippen molar-refractivity contribution in [1.82, 2.24) is 0 Å². The number of benzene rings is 1. The fourth-order valence-corrected chi connectivity index (χ4v) is 1.23. The number of ether oxygens (including phenoxy) is 1. The third-order valence-corrected chi connectivity index (χ3v) is 2.24. The summed E-state index contributed by atoms with van der Waals surface area (Å²) in [4.78, 5) is 0. The average Bonchev–Trinajstić information content (AvgIpc) is 2.21. The monoisotopic (exact) mass is 210 g/mol. The van der Waals surface area contributed by atoms with Crippen LogP contribution in [0.25, 0.3) is 6.08 Å². The van der Waals surface area contributed by atoms with Gasteiger partial charge >= 0.3 is 0 Å². The molecule has 1 rings (SSSR count). The van der Waals surface area contributed by atoms with Gasteiger partial charge < -0.3 is 4.74 Å². The van der Waals surface area contributed by atoms with Gasteiger partial charge in [0.2, 0.25) is 0 Å². The van der Waals surface area contributed by atoms with E-state index >= 15 is 0 Å². The minimum absolute atomic E-state index is 0.577. The van der Waals surface area contributed by atoms with Crippen molar-refractivity contribution in [3.8, 4) is 5.75 Å². The topological polar surface area (TPSA) is 9.23 Å². The zero-order valence-electron chi connectivity index (χ0n) is 8.59. The van der Waals surface area contributed by atoms with Crippen LogP contribution in [0.3, 0.4) is 0 Å². The van der Waals surface area contributed by atoms with Crippen LogP contribution in [0.1, 0.15) is 19.4 Å². The van der Waals surface area contributed by atoms with Crippen molar-refractivity contribution in [3.05, 3.63) is 35.4 Å². The smallest absolute Gasteiger partial charge is 0.119 e. The van der Waals surface area contributed by atoms with E-state index in [1.165, 1.54) is 0 Å². The highest BCUT2D eigenvalue weighted by atomic mass is 35.5. The fraction of sp³-hybridized carbons (Fsp3) is 0.333. The quantitative estimate of drug-likeness (QED) is 0.689. The molecular weight excluding hydrogens is 196 g/mol. The van der Waals surface area contributed by atoms with E-state index in [-0.39, 0.29) is 0 Å². The molecule has 0 atom stereocenters. The number of hydrogen-bond acceptors (Lipinski definition) is 1. The zero-order valence-corrected chi connectivity index (χ0v) is 9.34. The molecule has 76 valence electrons. The Kier molecular flexibility index (Phi) is 4.54. The molecule has 0 amide bonds. The van der Waals surface area contributed by atoms with Crippen molar-refractivity contribution >= 4 is 17.7 Å². The van der Waals surface area contributed by atoms with Gasteiger partial charge in [0, 0.05) is 5.88 Å². The molecule has 0 radical (unpaired) electrons. The summed E-state index contributed by atoms with van der Waals surface area (Å²) in [6.45, 7) is 4.70. The molecule has 1 aromatic rings. The van der Waals surface area contributed by atoms with Crippen LogP contribution in [0.2, 0.25) is 0 Å². The van der Waals surface area contributed by atoms with Crippen molar-refractivity contribution in [2.24, 2.45) is 0 Å². The van der Waals surface area contributed by atoms with Crippen LogP contribution in [0.4, 0.5) is 0 Å². The van der Waals surface area contributed by atoms with Crippen LogP contribution in [-0.2, 0) is 0 Å². The molecule has 0 fully saturated rings. The molecule has 0 saturated carbocycles. The average molecular weight is 211 g/mol. The second-order valence-corrected chi connectivity index (χ2v) is 3.39. The lowest BCUT2D eigenvalue weighted by Crippen LogP contribution is -1.90. The fourth-order valence-electron chi connectivity index (χ4n) is 1.15. The molecule has 1 aromatic carbocycles. The highest BCUT2D eigenvalue weighted by molar-refractivity contribution is 6.19. The molecule has 0 unspecified atom stereocenters. The van der Waals surface area contributed by atoms with Crippen LogP contribution in [0.15, 0.2) is 29.8 Å². The Morgan fingerprint density at radius 1 is 1.36 bits per heavy atom. The Hall–Kier alpha value is -0.950. The van der Waals surface area contributed by atoms with Crippen molar-refractivity contribution in [2.75, 3.05) is 12.5 Å². The molecule has 0 aliphatic rings. The highest BCUT2D eigenvalue weighted by Crippen LogP contribution is 2.14. The second kappa shape index (κ2) is 5.71. The molecule has 0 spiro atoms. The molecular formula is C12H15ClO. The van der Waals surface area contributed by atoms with Crippen LogP contribution in [0, 0.1) is 0 Å². The third kappa shape index (κ3) is 3.43. The molecule has 14 heavy (non-hydrogen) atoms. The Bertz CT molecular complexity index is 301. The predicted molar refractivity (Wildman–Crippen MR) is 62.0 cm³/mol. The first-order valence-corrected chi connectivity index (χ1v) is 5.25. The summed E-state index contributed by atoms with van der Waals surface area (Å²) >= 11 is 5.69. The molecule has 2 heteroatoms. The number of hydrogen-bond donors (Lipinski definition) is 0. The number of alkyl halides is 1. The normalized spacial score (nSPS) is 11.5. The van der Waals surface area contributed by atoms with E-state index in [0.717, 1.165) is 16.9 Å². The summed E-state index contributed by atoms with van der Waals surface area (Å²) < 4.78 is 5.35. The summed E-state index contributed by atoms with van der Waals surface area (Å²) in [6, 6.07) is 8.00. The lowest BCUT2D eigenvalue weighted by molar-refractivity contribution is 0.340. The molecule has 0 aliphatic carbocycles. The lowest BCUT2D eigenvalue weighted by Gasteiger charge is -2.02. The van der Waals surface area contributed by atoms with Gasteiger partial charge in [0.1, 0.15) is 5.75 Å². The Morgan fingerprint density at radius 3 is 2.50 bits per heavy atom. The first kappa shape index (κ1) is 11.1. The molecule has 1 nitrogen and oxygen atoms in total. The van der Waals surface area contributed by atoms with Gasteiger partial charge in [-0.1, -0.05) is 23.8 Å². The van der Waals surface area contributed by atoms with Crippen molar-refractivity contribution < 1.29 is 4.74 Å². The SMILES string of the molecule is CCOc1ccc(C=C(C)CCl)cc1. The minimum atomic E-state index is 0.577. The van der Waals surface area contributed by atoms with Crippen LogP contribution >= 0.6 is 11.6 Å². The van der Waals surface area contributed by atoms with Crippen molar-refractivity contribution in [2.45, 2.75) is 13.8 Å². The van der Waals surface area contributed by atoms with Gasteiger partial charge in [-0.15, -0.1) is 11.6 Å². The summed E-state index contributed by atoms with van der Waals surface area (Å²) in [5.74, 6) is 1.49.